The Hall–Kier alpha value is -0.860. The molecule has 2 nitrogen and oxygen atoms in total. The molecular formula is C16H24O2. The second kappa shape index (κ2) is 4.67. The van der Waals surface area contributed by atoms with Crippen LogP contribution in [0.25, 0.3) is 0 Å². The van der Waals surface area contributed by atoms with Crippen LogP contribution in [0.2, 0.25) is 0 Å². The topological polar surface area (TPSA) is 40.5 Å². The van der Waals surface area contributed by atoms with Gasteiger partial charge in [-0.1, -0.05) is 51.1 Å². The highest BCUT2D eigenvalue weighted by Gasteiger charge is 2.44. The number of benzene rings is 1. The Morgan fingerprint density at radius 3 is 2.28 bits per heavy atom. The van der Waals surface area contributed by atoms with Crippen molar-refractivity contribution >= 4 is 0 Å². The summed E-state index contributed by atoms with van der Waals surface area (Å²) >= 11 is 0. The van der Waals surface area contributed by atoms with Crippen molar-refractivity contribution in [1.29, 1.82) is 0 Å². The fourth-order valence-corrected chi connectivity index (χ4v) is 2.99. The smallest absolute Gasteiger partial charge is 0.115 e. The lowest BCUT2D eigenvalue weighted by molar-refractivity contribution is -0.128. The average molecular weight is 248 g/mol. The molecule has 0 aromatic heterocycles. The summed E-state index contributed by atoms with van der Waals surface area (Å²) in [7, 11) is 0. The Morgan fingerprint density at radius 1 is 1.17 bits per heavy atom. The largest absolute Gasteiger partial charge is 0.390 e. The van der Waals surface area contributed by atoms with Crippen LogP contribution in [0.15, 0.2) is 30.3 Å². The number of rotatable bonds is 1. The van der Waals surface area contributed by atoms with Gasteiger partial charge in [-0.05, 0) is 36.2 Å². The zero-order valence-corrected chi connectivity index (χ0v) is 11.6. The molecule has 1 saturated carbocycles. The van der Waals surface area contributed by atoms with Gasteiger partial charge in [-0.2, -0.15) is 0 Å². The molecule has 1 aliphatic carbocycles. The fraction of sp³-hybridized carbons (Fsp3) is 0.625. The highest BCUT2D eigenvalue weighted by Crippen LogP contribution is 2.45. The Bertz CT molecular complexity index is 393. The SMILES string of the molecule is CC(C)(C)[C@@H]1CC[C@@](O)(c2ccccc2)[C@H](O)C1. The van der Waals surface area contributed by atoms with Crippen LogP contribution in [-0.2, 0) is 5.60 Å². The standard InChI is InChI=1S/C16H24O2/c1-15(2,3)13-9-10-16(18,14(17)11-13)12-7-5-4-6-8-12/h4-8,13-14,17-18H,9-11H2,1-3H3/t13-,14-,16-/m1/s1. The number of hydrogen-bond acceptors (Lipinski definition) is 2. The van der Waals surface area contributed by atoms with Crippen molar-refractivity contribution in [3.63, 3.8) is 0 Å². The van der Waals surface area contributed by atoms with Gasteiger partial charge in [0, 0.05) is 0 Å². The molecule has 0 aliphatic heterocycles. The molecule has 1 aromatic rings. The molecule has 0 bridgehead atoms. The van der Waals surface area contributed by atoms with Crippen LogP contribution < -0.4 is 0 Å². The van der Waals surface area contributed by atoms with E-state index in [9.17, 15) is 10.2 Å². The number of aliphatic hydroxyl groups excluding tert-OH is 1. The maximum absolute atomic E-state index is 10.7. The third-order valence-corrected chi connectivity index (χ3v) is 4.43. The van der Waals surface area contributed by atoms with Gasteiger partial charge in [0.1, 0.15) is 5.60 Å². The average Bonchev–Trinajstić information content (AvgIpc) is 2.32. The summed E-state index contributed by atoms with van der Waals surface area (Å²) in [5.74, 6) is 0.469. The summed E-state index contributed by atoms with van der Waals surface area (Å²) in [5.41, 5.74) is -0.0352. The van der Waals surface area contributed by atoms with Crippen LogP contribution in [0.5, 0.6) is 0 Å². The van der Waals surface area contributed by atoms with Crippen LogP contribution in [0.3, 0.4) is 0 Å². The van der Waals surface area contributed by atoms with E-state index >= 15 is 0 Å². The first kappa shape index (κ1) is 13.6. The Labute approximate surface area is 110 Å². The molecule has 0 amide bonds. The lowest BCUT2D eigenvalue weighted by Crippen LogP contribution is -2.46. The van der Waals surface area contributed by atoms with Gasteiger partial charge in [0.25, 0.3) is 0 Å². The van der Waals surface area contributed by atoms with Gasteiger partial charge < -0.3 is 10.2 Å². The summed E-state index contributed by atoms with van der Waals surface area (Å²) in [4.78, 5) is 0. The van der Waals surface area contributed by atoms with E-state index in [0.29, 0.717) is 18.8 Å². The van der Waals surface area contributed by atoms with E-state index in [1.807, 2.05) is 30.3 Å². The predicted molar refractivity (Wildman–Crippen MR) is 73.1 cm³/mol. The molecule has 18 heavy (non-hydrogen) atoms. The Kier molecular flexibility index (Phi) is 3.52. The van der Waals surface area contributed by atoms with Gasteiger partial charge in [0.05, 0.1) is 6.10 Å². The molecule has 0 spiro atoms. The van der Waals surface area contributed by atoms with Gasteiger partial charge >= 0.3 is 0 Å². The summed E-state index contributed by atoms with van der Waals surface area (Å²) < 4.78 is 0. The maximum Gasteiger partial charge on any atom is 0.115 e. The first-order chi connectivity index (χ1) is 8.34. The van der Waals surface area contributed by atoms with Gasteiger partial charge in [-0.25, -0.2) is 0 Å². The van der Waals surface area contributed by atoms with Crippen LogP contribution in [0, 0.1) is 11.3 Å². The van der Waals surface area contributed by atoms with E-state index in [1.165, 1.54) is 0 Å². The molecule has 1 fully saturated rings. The van der Waals surface area contributed by atoms with Crippen molar-refractivity contribution in [3.05, 3.63) is 35.9 Å². The third-order valence-electron chi connectivity index (χ3n) is 4.43. The summed E-state index contributed by atoms with van der Waals surface area (Å²) in [6.45, 7) is 6.62. The molecule has 3 atom stereocenters. The number of aliphatic hydroxyl groups is 2. The highest BCUT2D eigenvalue weighted by molar-refractivity contribution is 5.24. The number of hydrogen-bond donors (Lipinski definition) is 2. The van der Waals surface area contributed by atoms with Gasteiger partial charge in [-0.15, -0.1) is 0 Å². The second-order valence-corrected chi connectivity index (χ2v) is 6.64. The normalized spacial score (nSPS) is 33.4. The lowest BCUT2D eigenvalue weighted by Gasteiger charge is -2.44. The zero-order chi connectivity index (χ0) is 13.4. The molecule has 1 aliphatic rings. The molecule has 2 rings (SSSR count). The van der Waals surface area contributed by atoms with Crippen molar-refractivity contribution in [2.75, 3.05) is 0 Å². The van der Waals surface area contributed by atoms with Crippen molar-refractivity contribution < 1.29 is 10.2 Å². The molecular weight excluding hydrogens is 224 g/mol. The zero-order valence-electron chi connectivity index (χ0n) is 11.6. The minimum absolute atomic E-state index is 0.193. The van der Waals surface area contributed by atoms with Crippen LogP contribution in [0.1, 0.15) is 45.6 Å². The minimum Gasteiger partial charge on any atom is -0.390 e. The maximum atomic E-state index is 10.7. The highest BCUT2D eigenvalue weighted by atomic mass is 16.3. The van der Waals surface area contributed by atoms with Crippen molar-refractivity contribution in [3.8, 4) is 0 Å². The first-order valence-corrected chi connectivity index (χ1v) is 6.80. The monoisotopic (exact) mass is 248 g/mol. The van der Waals surface area contributed by atoms with Gasteiger partial charge in [-0.3, -0.25) is 0 Å². The second-order valence-electron chi connectivity index (χ2n) is 6.64. The van der Waals surface area contributed by atoms with Crippen LogP contribution >= 0.6 is 0 Å². The van der Waals surface area contributed by atoms with E-state index in [2.05, 4.69) is 20.8 Å². The summed E-state index contributed by atoms with van der Waals surface area (Å²) in [5, 5.41) is 21.1. The molecule has 0 radical (unpaired) electrons. The quantitative estimate of drug-likeness (QED) is 0.802. The van der Waals surface area contributed by atoms with Crippen molar-refractivity contribution in [2.24, 2.45) is 11.3 Å². The van der Waals surface area contributed by atoms with E-state index in [4.69, 9.17) is 0 Å². The van der Waals surface area contributed by atoms with E-state index in [1.54, 1.807) is 0 Å². The molecule has 0 heterocycles. The van der Waals surface area contributed by atoms with Gasteiger partial charge in [0.15, 0.2) is 0 Å². The minimum atomic E-state index is -1.07. The third kappa shape index (κ3) is 2.45. The fourth-order valence-electron chi connectivity index (χ4n) is 2.99. The van der Waals surface area contributed by atoms with E-state index in [0.717, 1.165) is 12.0 Å². The van der Waals surface area contributed by atoms with Crippen LogP contribution in [-0.4, -0.2) is 16.3 Å². The molecule has 1 aromatic carbocycles. The van der Waals surface area contributed by atoms with Crippen LogP contribution in [0.4, 0.5) is 0 Å². The lowest BCUT2D eigenvalue weighted by atomic mass is 9.65. The molecule has 100 valence electrons. The molecule has 0 unspecified atom stereocenters. The molecule has 2 N–H and O–H groups in total. The summed E-state index contributed by atoms with van der Waals surface area (Å²) in [6.07, 6.45) is 1.61. The Morgan fingerprint density at radius 2 is 1.78 bits per heavy atom. The van der Waals surface area contributed by atoms with E-state index < -0.39 is 11.7 Å². The first-order valence-electron chi connectivity index (χ1n) is 6.80. The Balaban J connectivity index is 2.19. The van der Waals surface area contributed by atoms with Crippen molar-refractivity contribution in [1.82, 2.24) is 0 Å². The molecule has 2 heteroatoms. The van der Waals surface area contributed by atoms with E-state index in [-0.39, 0.29) is 5.41 Å². The summed E-state index contributed by atoms with van der Waals surface area (Å²) in [6, 6.07) is 9.56. The molecule has 0 saturated heterocycles. The van der Waals surface area contributed by atoms with Gasteiger partial charge in [0.2, 0.25) is 0 Å². The predicted octanol–water partition coefficient (Wildman–Crippen LogP) is 3.08. The van der Waals surface area contributed by atoms with Crippen molar-refractivity contribution in [2.45, 2.75) is 51.7 Å².